The summed E-state index contributed by atoms with van der Waals surface area (Å²) in [6.07, 6.45) is 5.04. The first-order valence-corrected chi connectivity index (χ1v) is 7.92. The molecule has 0 spiro atoms. The number of anilines is 3. The maximum absolute atomic E-state index is 5.82. The highest BCUT2D eigenvalue weighted by molar-refractivity contribution is 5.65. The van der Waals surface area contributed by atoms with E-state index in [4.69, 9.17) is 5.73 Å². The number of para-hydroxylation sites is 1. The van der Waals surface area contributed by atoms with Crippen LogP contribution < -0.4 is 10.6 Å². The molecule has 2 heteroatoms. The van der Waals surface area contributed by atoms with Gasteiger partial charge in [0.15, 0.2) is 0 Å². The van der Waals surface area contributed by atoms with Gasteiger partial charge in [-0.3, -0.25) is 0 Å². The van der Waals surface area contributed by atoms with E-state index in [1.54, 1.807) is 0 Å². The van der Waals surface area contributed by atoms with E-state index in [1.165, 1.54) is 37.1 Å². The van der Waals surface area contributed by atoms with Crippen molar-refractivity contribution in [3.05, 3.63) is 54.6 Å². The van der Waals surface area contributed by atoms with E-state index >= 15 is 0 Å². The van der Waals surface area contributed by atoms with Crippen molar-refractivity contribution < 1.29 is 0 Å². The molecule has 2 aromatic rings. The number of unbranched alkanes of at least 4 members (excludes halogenated alkanes) is 2. The van der Waals surface area contributed by atoms with Gasteiger partial charge in [-0.1, -0.05) is 44.4 Å². The van der Waals surface area contributed by atoms with Crippen molar-refractivity contribution in [1.29, 1.82) is 0 Å². The van der Waals surface area contributed by atoms with Gasteiger partial charge in [0.1, 0.15) is 0 Å². The van der Waals surface area contributed by atoms with Crippen molar-refractivity contribution in [1.82, 2.24) is 0 Å². The lowest BCUT2D eigenvalue weighted by Gasteiger charge is -2.32. The Kier molecular flexibility index (Phi) is 5.68. The summed E-state index contributed by atoms with van der Waals surface area (Å²) in [5.41, 5.74) is 9.08. The maximum atomic E-state index is 5.82. The minimum Gasteiger partial charge on any atom is -0.399 e. The quantitative estimate of drug-likeness (QED) is 0.546. The molecule has 21 heavy (non-hydrogen) atoms. The summed E-state index contributed by atoms with van der Waals surface area (Å²) in [4.78, 5) is 2.41. The number of benzene rings is 2. The first-order valence-electron chi connectivity index (χ1n) is 7.92. The zero-order chi connectivity index (χ0) is 15.1. The molecule has 1 unspecified atom stereocenters. The van der Waals surface area contributed by atoms with Crippen molar-refractivity contribution in [2.24, 2.45) is 0 Å². The summed E-state index contributed by atoms with van der Waals surface area (Å²) >= 11 is 0. The Morgan fingerprint density at radius 3 is 2.14 bits per heavy atom. The summed E-state index contributed by atoms with van der Waals surface area (Å²) in [6.45, 7) is 4.55. The fraction of sp³-hybridized carbons (Fsp3) is 0.368. The van der Waals surface area contributed by atoms with Crippen molar-refractivity contribution in [2.45, 2.75) is 45.6 Å². The minimum atomic E-state index is 0.475. The van der Waals surface area contributed by atoms with Gasteiger partial charge in [-0.2, -0.15) is 0 Å². The van der Waals surface area contributed by atoms with E-state index in [0.717, 1.165) is 5.69 Å². The van der Waals surface area contributed by atoms with E-state index in [1.807, 2.05) is 12.1 Å². The largest absolute Gasteiger partial charge is 0.399 e. The zero-order valence-corrected chi connectivity index (χ0v) is 13.1. The lowest BCUT2D eigenvalue weighted by molar-refractivity contribution is 0.581. The van der Waals surface area contributed by atoms with E-state index < -0.39 is 0 Å². The fourth-order valence-corrected chi connectivity index (χ4v) is 2.70. The Labute approximate surface area is 128 Å². The second kappa shape index (κ2) is 7.72. The number of rotatable bonds is 7. The SMILES string of the molecule is CCCCCC(C)N(c1ccccc1)c1ccc(N)cc1. The molecule has 0 fully saturated rings. The standard InChI is InChI=1S/C19H26N2/c1-3-4-6-9-16(2)21(18-10-7-5-8-11-18)19-14-12-17(20)13-15-19/h5,7-8,10-16H,3-4,6,9,20H2,1-2H3. The molecule has 112 valence electrons. The molecule has 2 N–H and O–H groups in total. The Morgan fingerprint density at radius 1 is 0.905 bits per heavy atom. The third-order valence-electron chi connectivity index (χ3n) is 3.87. The molecule has 0 radical (unpaired) electrons. The van der Waals surface area contributed by atoms with E-state index in [9.17, 15) is 0 Å². The number of nitrogens with two attached hydrogens (primary N) is 1. The van der Waals surface area contributed by atoms with Gasteiger partial charge in [0, 0.05) is 23.1 Å². The summed E-state index contributed by atoms with van der Waals surface area (Å²) < 4.78 is 0. The Bertz CT molecular complexity index is 519. The maximum Gasteiger partial charge on any atom is 0.0414 e. The lowest BCUT2D eigenvalue weighted by atomic mass is 10.1. The summed E-state index contributed by atoms with van der Waals surface area (Å²) in [7, 11) is 0. The van der Waals surface area contributed by atoms with Gasteiger partial charge in [0.2, 0.25) is 0 Å². The van der Waals surface area contributed by atoms with Crippen LogP contribution in [0.3, 0.4) is 0 Å². The predicted molar refractivity (Wildman–Crippen MR) is 93.0 cm³/mol. The Hall–Kier alpha value is -1.96. The third-order valence-corrected chi connectivity index (χ3v) is 3.87. The van der Waals surface area contributed by atoms with Crippen LogP contribution in [0.15, 0.2) is 54.6 Å². The molecule has 0 saturated carbocycles. The average Bonchev–Trinajstić information content (AvgIpc) is 2.51. The molecule has 0 aliphatic heterocycles. The van der Waals surface area contributed by atoms with Gasteiger partial charge >= 0.3 is 0 Å². The Morgan fingerprint density at radius 2 is 1.52 bits per heavy atom. The minimum absolute atomic E-state index is 0.475. The average molecular weight is 282 g/mol. The number of hydrogen-bond acceptors (Lipinski definition) is 2. The number of nitrogen functional groups attached to an aromatic ring is 1. The third kappa shape index (κ3) is 4.25. The van der Waals surface area contributed by atoms with E-state index in [-0.39, 0.29) is 0 Å². The van der Waals surface area contributed by atoms with Crippen LogP contribution in [0.1, 0.15) is 39.5 Å². The van der Waals surface area contributed by atoms with Crippen LogP contribution in [0.25, 0.3) is 0 Å². The number of hydrogen-bond donors (Lipinski definition) is 1. The van der Waals surface area contributed by atoms with E-state index in [0.29, 0.717) is 6.04 Å². The molecule has 0 bridgehead atoms. The van der Waals surface area contributed by atoms with Gasteiger partial charge in [-0.15, -0.1) is 0 Å². The fourth-order valence-electron chi connectivity index (χ4n) is 2.70. The topological polar surface area (TPSA) is 29.3 Å². The van der Waals surface area contributed by atoms with Gasteiger partial charge in [0.25, 0.3) is 0 Å². The van der Waals surface area contributed by atoms with Gasteiger partial charge in [0.05, 0.1) is 0 Å². The molecule has 2 rings (SSSR count). The normalized spacial score (nSPS) is 12.1. The molecule has 1 atom stereocenters. The predicted octanol–water partition coefficient (Wildman–Crippen LogP) is 5.38. The smallest absolute Gasteiger partial charge is 0.0414 e. The molecule has 2 aromatic carbocycles. The van der Waals surface area contributed by atoms with Crippen molar-refractivity contribution in [2.75, 3.05) is 10.6 Å². The van der Waals surface area contributed by atoms with Crippen LogP contribution in [-0.2, 0) is 0 Å². The van der Waals surface area contributed by atoms with Crippen LogP contribution in [-0.4, -0.2) is 6.04 Å². The monoisotopic (exact) mass is 282 g/mol. The molecule has 0 aliphatic rings. The molecular formula is C19H26N2. The second-order valence-electron chi connectivity index (χ2n) is 5.64. The first kappa shape index (κ1) is 15.4. The van der Waals surface area contributed by atoms with Crippen molar-refractivity contribution >= 4 is 17.1 Å². The summed E-state index contributed by atoms with van der Waals surface area (Å²) in [5, 5.41) is 0. The highest BCUT2D eigenvalue weighted by atomic mass is 15.2. The van der Waals surface area contributed by atoms with Crippen LogP contribution in [0, 0.1) is 0 Å². The van der Waals surface area contributed by atoms with Gasteiger partial charge in [-0.05, 0) is 49.7 Å². The summed E-state index contributed by atoms with van der Waals surface area (Å²) in [6, 6.07) is 19.2. The zero-order valence-electron chi connectivity index (χ0n) is 13.1. The molecule has 0 aromatic heterocycles. The highest BCUT2D eigenvalue weighted by Gasteiger charge is 2.16. The molecule has 0 saturated heterocycles. The van der Waals surface area contributed by atoms with Crippen molar-refractivity contribution in [3.8, 4) is 0 Å². The van der Waals surface area contributed by atoms with Crippen LogP contribution >= 0.6 is 0 Å². The van der Waals surface area contributed by atoms with Gasteiger partial charge < -0.3 is 10.6 Å². The van der Waals surface area contributed by atoms with Crippen molar-refractivity contribution in [3.63, 3.8) is 0 Å². The second-order valence-corrected chi connectivity index (χ2v) is 5.64. The first-order chi connectivity index (χ1) is 10.2. The van der Waals surface area contributed by atoms with Crippen LogP contribution in [0.4, 0.5) is 17.1 Å². The molecule has 0 amide bonds. The molecular weight excluding hydrogens is 256 g/mol. The van der Waals surface area contributed by atoms with Gasteiger partial charge in [-0.25, -0.2) is 0 Å². The Balaban J connectivity index is 2.24. The lowest BCUT2D eigenvalue weighted by Crippen LogP contribution is -2.28. The summed E-state index contributed by atoms with van der Waals surface area (Å²) in [5.74, 6) is 0. The molecule has 0 aliphatic carbocycles. The molecule has 2 nitrogen and oxygen atoms in total. The van der Waals surface area contributed by atoms with E-state index in [2.05, 4.69) is 61.2 Å². The van der Waals surface area contributed by atoms with Crippen LogP contribution in [0.5, 0.6) is 0 Å². The highest BCUT2D eigenvalue weighted by Crippen LogP contribution is 2.30. The van der Waals surface area contributed by atoms with Crippen LogP contribution in [0.2, 0.25) is 0 Å². The number of nitrogens with zero attached hydrogens (tertiary/aromatic N) is 1. The molecule has 0 heterocycles.